The number of thiocarbonyl (C=S) groups is 1. The molecule has 1 amide bonds. The molecule has 1 fully saturated rings. The van der Waals surface area contributed by atoms with Crippen LogP contribution in [0.3, 0.4) is 0 Å². The van der Waals surface area contributed by atoms with Gasteiger partial charge in [-0.15, -0.1) is 0 Å². The molecule has 2 N–H and O–H groups in total. The minimum atomic E-state index is -0.156. The van der Waals surface area contributed by atoms with Crippen molar-refractivity contribution in [3.05, 3.63) is 109 Å². The molecule has 0 spiro atoms. The Hall–Kier alpha value is -4.04. The Morgan fingerprint density at radius 2 is 1.85 bits per heavy atom. The Labute approximate surface area is 203 Å². The second-order valence-electron chi connectivity index (χ2n) is 8.00. The molecule has 0 bridgehead atoms. The van der Waals surface area contributed by atoms with Gasteiger partial charge in [-0.2, -0.15) is 0 Å². The third-order valence-electron chi connectivity index (χ3n) is 5.84. The summed E-state index contributed by atoms with van der Waals surface area (Å²) in [6.45, 7) is 0.469. The maximum Gasteiger partial charge on any atom is 0.226 e. The van der Waals surface area contributed by atoms with Crippen LogP contribution in [0.2, 0.25) is 0 Å². The van der Waals surface area contributed by atoms with Crippen LogP contribution in [0.25, 0.3) is 5.69 Å². The van der Waals surface area contributed by atoms with Crippen LogP contribution in [0.4, 0.5) is 5.69 Å². The summed E-state index contributed by atoms with van der Waals surface area (Å²) in [5.41, 5.74) is 3.68. The molecule has 0 radical (unpaired) electrons. The van der Waals surface area contributed by atoms with Gasteiger partial charge in [-0.1, -0.05) is 24.3 Å². The first kappa shape index (κ1) is 21.8. The van der Waals surface area contributed by atoms with Crippen molar-refractivity contribution in [3.8, 4) is 5.69 Å². The topological polar surface area (TPSA) is 75.1 Å². The van der Waals surface area contributed by atoms with Gasteiger partial charge < -0.3 is 20.1 Å². The number of anilines is 1. The van der Waals surface area contributed by atoms with E-state index in [0.717, 1.165) is 22.8 Å². The van der Waals surface area contributed by atoms with Gasteiger partial charge in [-0.05, 0) is 60.7 Å². The molecule has 34 heavy (non-hydrogen) atoms. The van der Waals surface area contributed by atoms with Crippen molar-refractivity contribution >= 4 is 28.9 Å². The Morgan fingerprint density at radius 1 is 1.00 bits per heavy atom. The molecule has 4 heterocycles. The average molecular weight is 469 g/mol. The number of nitrogens with one attached hydrogen (secondary N) is 2. The number of hydrogen-bond donors (Lipinski definition) is 2. The molecule has 2 atom stereocenters. The van der Waals surface area contributed by atoms with Gasteiger partial charge in [0.1, 0.15) is 0 Å². The fourth-order valence-corrected chi connectivity index (χ4v) is 4.63. The van der Waals surface area contributed by atoms with E-state index in [9.17, 15) is 4.79 Å². The highest BCUT2D eigenvalue weighted by atomic mass is 32.1. The third kappa shape index (κ3) is 4.53. The molecule has 8 heteroatoms. The van der Waals surface area contributed by atoms with Crippen molar-refractivity contribution < 1.29 is 4.79 Å². The Balaban J connectivity index is 1.44. The molecular weight excluding hydrogens is 444 g/mol. The van der Waals surface area contributed by atoms with Gasteiger partial charge in [0.05, 0.1) is 29.7 Å². The van der Waals surface area contributed by atoms with E-state index in [0.29, 0.717) is 18.1 Å². The monoisotopic (exact) mass is 468 g/mol. The van der Waals surface area contributed by atoms with Crippen molar-refractivity contribution in [3.63, 3.8) is 0 Å². The molecule has 0 unspecified atom stereocenters. The van der Waals surface area contributed by atoms with Crippen molar-refractivity contribution in [2.24, 2.45) is 0 Å². The fraction of sp³-hybridized carbons (Fsp3) is 0.154. The number of carbonyl (C=O) groups excluding carboxylic acids is 1. The van der Waals surface area contributed by atoms with E-state index in [1.54, 1.807) is 12.4 Å². The van der Waals surface area contributed by atoms with E-state index >= 15 is 0 Å². The van der Waals surface area contributed by atoms with E-state index < -0.39 is 0 Å². The van der Waals surface area contributed by atoms with Crippen LogP contribution >= 0.6 is 12.2 Å². The summed E-state index contributed by atoms with van der Waals surface area (Å²) in [7, 11) is 0. The van der Waals surface area contributed by atoms with Crippen LogP contribution in [0, 0.1) is 0 Å². The number of rotatable bonds is 7. The number of benzene rings is 1. The third-order valence-corrected chi connectivity index (χ3v) is 6.19. The van der Waals surface area contributed by atoms with Gasteiger partial charge in [0.2, 0.25) is 5.91 Å². The minimum absolute atomic E-state index is 0.0586. The molecule has 5 rings (SSSR count). The summed E-state index contributed by atoms with van der Waals surface area (Å²) in [6.07, 6.45) is 7.69. The lowest BCUT2D eigenvalue weighted by molar-refractivity contribution is -0.116. The van der Waals surface area contributed by atoms with Crippen LogP contribution in [-0.4, -0.2) is 37.0 Å². The van der Waals surface area contributed by atoms with Gasteiger partial charge in [0.15, 0.2) is 5.11 Å². The number of pyridine rings is 2. The lowest BCUT2D eigenvalue weighted by atomic mass is 10.0. The number of nitrogens with zero attached hydrogens (tertiary/aromatic N) is 4. The van der Waals surface area contributed by atoms with Gasteiger partial charge >= 0.3 is 0 Å². The molecule has 0 saturated carbocycles. The van der Waals surface area contributed by atoms with E-state index in [1.165, 1.54) is 0 Å². The lowest BCUT2D eigenvalue weighted by Crippen LogP contribution is -2.33. The van der Waals surface area contributed by atoms with Gasteiger partial charge in [-0.25, -0.2) is 0 Å². The number of amides is 1. The predicted octanol–water partition coefficient (Wildman–Crippen LogP) is 4.27. The van der Waals surface area contributed by atoms with Crippen molar-refractivity contribution in [2.45, 2.75) is 18.5 Å². The largest absolute Gasteiger partial charge is 0.352 e. The SMILES string of the molecule is O=C(CCN1C(=S)N[C@H](c2ccccn2)[C@@H]1c1cccn1-c1cccnc1)Nc1ccccc1. The molecule has 0 aliphatic carbocycles. The van der Waals surface area contributed by atoms with Crippen molar-refractivity contribution in [1.82, 2.24) is 24.8 Å². The summed E-state index contributed by atoms with van der Waals surface area (Å²) >= 11 is 5.74. The summed E-state index contributed by atoms with van der Waals surface area (Å²) in [5, 5.41) is 7.00. The molecule has 1 aromatic carbocycles. The van der Waals surface area contributed by atoms with Gasteiger partial charge in [0.25, 0.3) is 0 Å². The molecular formula is C26H24N6OS. The van der Waals surface area contributed by atoms with Gasteiger partial charge in [0, 0.05) is 42.9 Å². The first-order valence-electron chi connectivity index (χ1n) is 11.1. The molecule has 1 saturated heterocycles. The predicted molar refractivity (Wildman–Crippen MR) is 135 cm³/mol. The fourth-order valence-electron chi connectivity index (χ4n) is 4.30. The highest BCUT2D eigenvalue weighted by Gasteiger charge is 2.41. The summed E-state index contributed by atoms with van der Waals surface area (Å²) < 4.78 is 2.11. The van der Waals surface area contributed by atoms with Crippen LogP contribution < -0.4 is 10.6 Å². The number of para-hydroxylation sites is 1. The summed E-state index contributed by atoms with van der Waals surface area (Å²) in [4.78, 5) is 23.6. The number of hydrogen-bond acceptors (Lipinski definition) is 4. The van der Waals surface area contributed by atoms with Crippen LogP contribution in [-0.2, 0) is 4.79 Å². The summed E-state index contributed by atoms with van der Waals surface area (Å²) in [6, 6.07) is 23.1. The minimum Gasteiger partial charge on any atom is -0.352 e. The molecule has 1 aliphatic rings. The van der Waals surface area contributed by atoms with E-state index in [4.69, 9.17) is 12.2 Å². The highest BCUT2D eigenvalue weighted by molar-refractivity contribution is 7.80. The molecule has 1 aliphatic heterocycles. The first-order valence-corrected chi connectivity index (χ1v) is 11.5. The van der Waals surface area contributed by atoms with Crippen molar-refractivity contribution in [1.29, 1.82) is 0 Å². The number of aromatic nitrogens is 3. The first-order chi connectivity index (χ1) is 16.7. The molecule has 3 aromatic heterocycles. The van der Waals surface area contributed by atoms with Crippen LogP contribution in [0.1, 0.15) is 29.9 Å². The van der Waals surface area contributed by atoms with Crippen LogP contribution in [0.5, 0.6) is 0 Å². The van der Waals surface area contributed by atoms with Gasteiger partial charge in [-0.3, -0.25) is 14.8 Å². The standard InChI is InChI=1S/C26H24N6OS/c33-23(29-19-8-2-1-3-9-19)13-17-32-25(24(30-26(32)34)21-11-4-5-15-28-21)22-12-7-16-31(22)20-10-6-14-27-18-20/h1-12,14-16,18,24-25H,13,17H2,(H,29,33)(H,30,34)/t24-,25+/m1/s1. The average Bonchev–Trinajstić information content (AvgIpc) is 3.48. The normalized spacial score (nSPS) is 17.4. The zero-order valence-electron chi connectivity index (χ0n) is 18.4. The molecule has 4 aromatic rings. The second-order valence-corrected chi connectivity index (χ2v) is 8.39. The van der Waals surface area contributed by atoms with Crippen molar-refractivity contribution in [2.75, 3.05) is 11.9 Å². The quantitative estimate of drug-likeness (QED) is 0.395. The van der Waals surface area contributed by atoms with E-state index in [-0.39, 0.29) is 18.0 Å². The van der Waals surface area contributed by atoms with E-state index in [1.807, 2.05) is 79.1 Å². The lowest BCUT2D eigenvalue weighted by Gasteiger charge is -2.28. The summed E-state index contributed by atoms with van der Waals surface area (Å²) in [5.74, 6) is -0.0586. The maximum atomic E-state index is 12.7. The molecule has 170 valence electrons. The maximum absolute atomic E-state index is 12.7. The Bertz CT molecular complexity index is 1260. The Kier molecular flexibility index (Phi) is 6.31. The zero-order valence-corrected chi connectivity index (χ0v) is 19.2. The zero-order chi connectivity index (χ0) is 23.3. The Morgan fingerprint density at radius 3 is 2.62 bits per heavy atom. The van der Waals surface area contributed by atoms with E-state index in [2.05, 4.69) is 36.1 Å². The number of carbonyl (C=O) groups is 1. The highest BCUT2D eigenvalue weighted by Crippen LogP contribution is 2.39. The smallest absolute Gasteiger partial charge is 0.226 e. The second kappa shape index (κ2) is 9.84. The molecule has 7 nitrogen and oxygen atoms in total. The van der Waals surface area contributed by atoms with Crippen LogP contribution in [0.15, 0.2) is 97.6 Å².